The maximum Gasteiger partial charge on any atom is 0.0760 e. The SMILES string of the molecule is CC(C)C1OC(C(C)C)C(C(C)C)N(C(C)C)C1C(C)C. The Morgan fingerprint density at radius 3 is 1.10 bits per heavy atom. The lowest BCUT2D eigenvalue weighted by molar-refractivity contribution is -0.206. The summed E-state index contributed by atoms with van der Waals surface area (Å²) in [4.78, 5) is 2.79. The summed E-state index contributed by atoms with van der Waals surface area (Å²) in [7, 11) is 0. The number of ether oxygens (including phenoxy) is 1. The molecule has 2 nitrogen and oxygen atoms in total. The van der Waals surface area contributed by atoms with Crippen molar-refractivity contribution in [1.29, 1.82) is 0 Å². The van der Waals surface area contributed by atoms with Gasteiger partial charge in [0.05, 0.1) is 12.2 Å². The fraction of sp³-hybridized carbons (Fsp3) is 1.00. The van der Waals surface area contributed by atoms with E-state index in [-0.39, 0.29) is 0 Å². The highest BCUT2D eigenvalue weighted by Gasteiger charge is 2.48. The van der Waals surface area contributed by atoms with E-state index in [1.807, 2.05) is 0 Å². The van der Waals surface area contributed by atoms with Crippen molar-refractivity contribution in [2.45, 2.75) is 99.6 Å². The maximum atomic E-state index is 6.70. The van der Waals surface area contributed by atoms with Crippen LogP contribution < -0.4 is 0 Å². The molecule has 0 aromatic carbocycles. The van der Waals surface area contributed by atoms with E-state index in [9.17, 15) is 0 Å². The summed E-state index contributed by atoms with van der Waals surface area (Å²) < 4.78 is 6.70. The van der Waals surface area contributed by atoms with E-state index < -0.39 is 0 Å². The van der Waals surface area contributed by atoms with Crippen molar-refractivity contribution in [3.63, 3.8) is 0 Å². The molecule has 0 aromatic rings. The van der Waals surface area contributed by atoms with Crippen molar-refractivity contribution in [2.24, 2.45) is 23.7 Å². The second-order valence-electron chi connectivity index (χ2n) is 8.56. The average Bonchev–Trinajstić information content (AvgIpc) is 2.34. The minimum Gasteiger partial charge on any atom is -0.371 e. The Bertz CT molecular complexity index is 283. The zero-order valence-electron chi connectivity index (χ0n) is 16.1. The van der Waals surface area contributed by atoms with Crippen LogP contribution in [0.15, 0.2) is 0 Å². The summed E-state index contributed by atoms with van der Waals surface area (Å²) >= 11 is 0. The largest absolute Gasteiger partial charge is 0.371 e. The van der Waals surface area contributed by atoms with Crippen LogP contribution in [0.3, 0.4) is 0 Å². The third-order valence-corrected chi connectivity index (χ3v) is 4.95. The van der Waals surface area contributed by atoms with Gasteiger partial charge in [-0.05, 0) is 37.5 Å². The minimum absolute atomic E-state index is 0.342. The summed E-state index contributed by atoms with van der Waals surface area (Å²) in [5, 5.41) is 0. The Kier molecular flexibility index (Phi) is 6.74. The van der Waals surface area contributed by atoms with Gasteiger partial charge in [0.2, 0.25) is 0 Å². The molecule has 1 saturated heterocycles. The third-order valence-electron chi connectivity index (χ3n) is 4.95. The molecule has 0 N–H and O–H groups in total. The lowest BCUT2D eigenvalue weighted by Crippen LogP contribution is -2.67. The molecule has 21 heavy (non-hydrogen) atoms. The molecule has 1 heterocycles. The second kappa shape index (κ2) is 7.46. The Morgan fingerprint density at radius 1 is 0.571 bits per heavy atom. The highest BCUT2D eigenvalue weighted by atomic mass is 16.5. The number of hydrogen-bond acceptors (Lipinski definition) is 2. The zero-order chi connectivity index (χ0) is 16.5. The summed E-state index contributed by atoms with van der Waals surface area (Å²) in [6, 6.07) is 1.61. The zero-order valence-corrected chi connectivity index (χ0v) is 16.1. The monoisotopic (exact) mass is 297 g/mol. The van der Waals surface area contributed by atoms with Gasteiger partial charge < -0.3 is 4.74 Å². The fourth-order valence-electron chi connectivity index (χ4n) is 4.12. The second-order valence-corrected chi connectivity index (χ2v) is 8.56. The van der Waals surface area contributed by atoms with Gasteiger partial charge >= 0.3 is 0 Å². The van der Waals surface area contributed by atoms with Crippen LogP contribution in [0, 0.1) is 23.7 Å². The lowest BCUT2D eigenvalue weighted by Gasteiger charge is -2.56. The Labute approximate surface area is 133 Å². The third kappa shape index (κ3) is 4.01. The van der Waals surface area contributed by atoms with Gasteiger partial charge in [-0.2, -0.15) is 0 Å². The van der Waals surface area contributed by atoms with Crippen molar-refractivity contribution in [3.8, 4) is 0 Å². The van der Waals surface area contributed by atoms with Crippen LogP contribution in [-0.2, 0) is 4.74 Å². The molecule has 0 radical (unpaired) electrons. The fourth-order valence-corrected chi connectivity index (χ4v) is 4.12. The maximum absolute atomic E-state index is 6.70. The molecule has 0 amide bonds. The quantitative estimate of drug-likeness (QED) is 0.721. The van der Waals surface area contributed by atoms with Crippen molar-refractivity contribution in [3.05, 3.63) is 0 Å². The molecule has 1 fully saturated rings. The van der Waals surface area contributed by atoms with E-state index in [2.05, 4.69) is 74.1 Å². The summed E-state index contributed by atoms with van der Waals surface area (Å²) in [5.74, 6) is 2.37. The molecule has 0 bridgehead atoms. The van der Waals surface area contributed by atoms with E-state index in [1.165, 1.54) is 0 Å². The number of nitrogens with zero attached hydrogens (tertiary/aromatic N) is 1. The van der Waals surface area contributed by atoms with Crippen LogP contribution in [0.2, 0.25) is 0 Å². The van der Waals surface area contributed by atoms with Gasteiger partial charge in [-0.15, -0.1) is 0 Å². The van der Waals surface area contributed by atoms with Crippen LogP contribution in [0.4, 0.5) is 0 Å². The highest BCUT2D eigenvalue weighted by Crippen LogP contribution is 2.38. The molecule has 1 aliphatic heterocycles. The van der Waals surface area contributed by atoms with Crippen molar-refractivity contribution < 1.29 is 4.74 Å². The lowest BCUT2D eigenvalue weighted by atomic mass is 9.79. The van der Waals surface area contributed by atoms with Gasteiger partial charge in [-0.25, -0.2) is 0 Å². The van der Waals surface area contributed by atoms with Gasteiger partial charge in [0.25, 0.3) is 0 Å². The van der Waals surface area contributed by atoms with Crippen LogP contribution >= 0.6 is 0 Å². The van der Waals surface area contributed by atoms with Crippen LogP contribution in [0.5, 0.6) is 0 Å². The predicted molar refractivity (Wildman–Crippen MR) is 92.6 cm³/mol. The van der Waals surface area contributed by atoms with Gasteiger partial charge in [0.1, 0.15) is 0 Å². The van der Waals surface area contributed by atoms with Crippen molar-refractivity contribution in [2.75, 3.05) is 0 Å². The molecule has 1 rings (SSSR count). The molecule has 2 heteroatoms. The summed E-state index contributed by atoms with van der Waals surface area (Å²) in [5.41, 5.74) is 0. The number of rotatable bonds is 5. The molecule has 0 aliphatic carbocycles. The Hall–Kier alpha value is -0.0800. The number of hydrogen-bond donors (Lipinski definition) is 0. The molecular formula is C19H39NO. The normalized spacial score (nSPS) is 32.1. The van der Waals surface area contributed by atoms with E-state index in [0.717, 1.165) is 0 Å². The first-order valence-electron chi connectivity index (χ1n) is 9.02. The molecular weight excluding hydrogens is 258 g/mol. The highest BCUT2D eigenvalue weighted by molar-refractivity contribution is 4.99. The molecule has 0 spiro atoms. The smallest absolute Gasteiger partial charge is 0.0760 e. The predicted octanol–water partition coefficient (Wildman–Crippen LogP) is 4.83. The molecule has 0 saturated carbocycles. The first-order valence-corrected chi connectivity index (χ1v) is 9.02. The van der Waals surface area contributed by atoms with Crippen LogP contribution in [0.25, 0.3) is 0 Å². The first-order chi connectivity index (χ1) is 9.59. The van der Waals surface area contributed by atoms with Crippen LogP contribution in [0.1, 0.15) is 69.2 Å². The molecule has 1 aliphatic rings. The average molecular weight is 298 g/mol. The minimum atomic E-state index is 0.342. The topological polar surface area (TPSA) is 12.5 Å². The standard InChI is InChI=1S/C19H39NO/c1-11(2)16-18(13(5)6)21-19(14(7)8)17(12(3)4)20(16)15(9)10/h11-19H,1-10H3. The molecule has 4 atom stereocenters. The van der Waals surface area contributed by atoms with Gasteiger partial charge in [0, 0.05) is 18.1 Å². The van der Waals surface area contributed by atoms with E-state index in [1.54, 1.807) is 0 Å². The van der Waals surface area contributed by atoms with Gasteiger partial charge in [0.15, 0.2) is 0 Å². The molecule has 126 valence electrons. The molecule has 4 unspecified atom stereocenters. The van der Waals surface area contributed by atoms with Crippen LogP contribution in [-0.4, -0.2) is 35.2 Å². The Balaban J connectivity index is 3.28. The summed E-state index contributed by atoms with van der Waals surface area (Å²) in [6.45, 7) is 23.4. The van der Waals surface area contributed by atoms with E-state index in [0.29, 0.717) is 54.0 Å². The number of morpholine rings is 1. The van der Waals surface area contributed by atoms with Crippen molar-refractivity contribution in [1.82, 2.24) is 4.90 Å². The first kappa shape index (κ1) is 19.0. The summed E-state index contributed by atoms with van der Waals surface area (Å²) in [6.07, 6.45) is 0.685. The van der Waals surface area contributed by atoms with E-state index in [4.69, 9.17) is 4.74 Å². The Morgan fingerprint density at radius 2 is 0.905 bits per heavy atom. The molecule has 0 aromatic heterocycles. The van der Waals surface area contributed by atoms with Gasteiger partial charge in [-0.1, -0.05) is 55.4 Å². The van der Waals surface area contributed by atoms with E-state index >= 15 is 0 Å². The van der Waals surface area contributed by atoms with Crippen molar-refractivity contribution >= 4 is 0 Å². The van der Waals surface area contributed by atoms with Gasteiger partial charge in [-0.3, -0.25) is 4.90 Å².